The number of carbonyl (C=O) groups is 2. The van der Waals surface area contributed by atoms with Crippen molar-refractivity contribution in [2.45, 2.75) is 19.4 Å². The van der Waals surface area contributed by atoms with E-state index < -0.39 is 17.4 Å². The summed E-state index contributed by atoms with van der Waals surface area (Å²) in [6, 6.07) is 2.76. The summed E-state index contributed by atoms with van der Waals surface area (Å²) in [6.45, 7) is 3.00. The largest absolute Gasteiger partial charge is 0.368 e. The molecule has 0 aromatic carbocycles. The zero-order valence-electron chi connectivity index (χ0n) is 9.95. The highest BCUT2D eigenvalue weighted by molar-refractivity contribution is 6.29. The lowest BCUT2D eigenvalue weighted by atomic mass is 10.0. The van der Waals surface area contributed by atoms with Crippen molar-refractivity contribution in [3.8, 4) is 0 Å². The van der Waals surface area contributed by atoms with Gasteiger partial charge in [-0.25, -0.2) is 10.8 Å². The number of pyridine rings is 1. The number of hydrogen-bond acceptors (Lipinski definition) is 5. The second kappa shape index (κ2) is 5.19. The number of aromatic nitrogens is 1. The molecule has 0 saturated heterocycles. The molecule has 8 heteroatoms. The molecule has 0 aliphatic rings. The molecule has 0 atom stereocenters. The van der Waals surface area contributed by atoms with Crippen molar-refractivity contribution >= 4 is 29.2 Å². The van der Waals surface area contributed by atoms with Gasteiger partial charge in [0.1, 0.15) is 16.5 Å². The van der Waals surface area contributed by atoms with Crippen LogP contribution in [0, 0.1) is 0 Å². The number of nitrogens with zero attached hydrogens (tertiary/aromatic N) is 1. The highest BCUT2D eigenvalue weighted by atomic mass is 35.5. The fraction of sp³-hybridized carbons (Fsp3) is 0.300. The predicted molar refractivity (Wildman–Crippen MR) is 67.8 cm³/mol. The summed E-state index contributed by atoms with van der Waals surface area (Å²) in [5.41, 5.74) is 6.50. The van der Waals surface area contributed by atoms with Gasteiger partial charge < -0.3 is 16.5 Å². The molecule has 0 bridgehead atoms. The number of nitrogens with one attached hydrogen (secondary N) is 2. The quantitative estimate of drug-likeness (QED) is 0.349. The van der Waals surface area contributed by atoms with Crippen LogP contribution >= 0.6 is 11.6 Å². The third-order valence-electron chi connectivity index (χ3n) is 2.25. The number of rotatable bonds is 4. The lowest BCUT2D eigenvalue weighted by Crippen LogP contribution is -2.53. The lowest BCUT2D eigenvalue weighted by molar-refractivity contribution is -0.122. The van der Waals surface area contributed by atoms with Crippen LogP contribution in [0.4, 0.5) is 5.82 Å². The molecule has 0 spiro atoms. The van der Waals surface area contributed by atoms with Crippen LogP contribution in [-0.2, 0) is 4.79 Å². The Bertz CT molecular complexity index is 489. The molecule has 18 heavy (non-hydrogen) atoms. The first kappa shape index (κ1) is 14.2. The van der Waals surface area contributed by atoms with Crippen molar-refractivity contribution in [1.29, 1.82) is 0 Å². The molecule has 0 saturated carbocycles. The van der Waals surface area contributed by atoms with Gasteiger partial charge in [0.2, 0.25) is 5.91 Å². The maximum Gasteiger partial charge on any atom is 0.252 e. The first-order valence-corrected chi connectivity index (χ1v) is 5.40. The zero-order chi connectivity index (χ0) is 13.9. The van der Waals surface area contributed by atoms with Gasteiger partial charge in [-0.05, 0) is 26.0 Å². The van der Waals surface area contributed by atoms with E-state index in [1.807, 2.05) is 0 Å². The van der Waals surface area contributed by atoms with Gasteiger partial charge in [0.25, 0.3) is 5.91 Å². The third-order valence-corrected chi connectivity index (χ3v) is 2.44. The average molecular weight is 272 g/mol. The fourth-order valence-electron chi connectivity index (χ4n) is 1.12. The highest BCUT2D eigenvalue weighted by Gasteiger charge is 2.27. The van der Waals surface area contributed by atoms with E-state index in [4.69, 9.17) is 23.2 Å². The zero-order valence-corrected chi connectivity index (χ0v) is 10.7. The van der Waals surface area contributed by atoms with Crippen molar-refractivity contribution in [2.75, 3.05) is 5.43 Å². The van der Waals surface area contributed by atoms with E-state index in [0.717, 1.165) is 0 Å². The van der Waals surface area contributed by atoms with E-state index >= 15 is 0 Å². The molecule has 1 aromatic heterocycles. The van der Waals surface area contributed by atoms with Gasteiger partial charge in [0, 0.05) is 5.56 Å². The summed E-state index contributed by atoms with van der Waals surface area (Å²) in [5.74, 6) is 4.28. The van der Waals surface area contributed by atoms with Crippen molar-refractivity contribution in [3.05, 3.63) is 22.8 Å². The minimum atomic E-state index is -1.16. The van der Waals surface area contributed by atoms with E-state index in [0.29, 0.717) is 0 Å². The van der Waals surface area contributed by atoms with Gasteiger partial charge in [-0.15, -0.1) is 0 Å². The van der Waals surface area contributed by atoms with Crippen LogP contribution in [0.1, 0.15) is 24.2 Å². The van der Waals surface area contributed by atoms with Crippen LogP contribution in [0.25, 0.3) is 0 Å². The maximum absolute atomic E-state index is 11.9. The smallest absolute Gasteiger partial charge is 0.252 e. The number of halogens is 1. The molecular weight excluding hydrogens is 258 g/mol. The molecule has 1 heterocycles. The third kappa shape index (κ3) is 3.31. The van der Waals surface area contributed by atoms with Crippen molar-refractivity contribution in [1.82, 2.24) is 10.3 Å². The number of nitrogen functional groups attached to an aromatic ring is 1. The Morgan fingerprint density at radius 3 is 2.50 bits per heavy atom. The van der Waals surface area contributed by atoms with Crippen LogP contribution < -0.4 is 22.3 Å². The summed E-state index contributed by atoms with van der Waals surface area (Å²) < 4.78 is 0. The molecule has 1 aromatic rings. The monoisotopic (exact) mass is 271 g/mol. The van der Waals surface area contributed by atoms with Gasteiger partial charge in [0.15, 0.2) is 0 Å². The Morgan fingerprint density at radius 2 is 2.00 bits per heavy atom. The number of hydrazine groups is 1. The fourth-order valence-corrected chi connectivity index (χ4v) is 1.33. The van der Waals surface area contributed by atoms with E-state index in [2.05, 4.69) is 15.7 Å². The summed E-state index contributed by atoms with van der Waals surface area (Å²) in [6.07, 6.45) is 0. The Morgan fingerprint density at radius 1 is 1.39 bits per heavy atom. The predicted octanol–water partition coefficient (Wildman–Crippen LogP) is 0.0143. The van der Waals surface area contributed by atoms with Crippen LogP contribution in [0.2, 0.25) is 5.15 Å². The number of amides is 2. The first-order valence-electron chi connectivity index (χ1n) is 5.03. The van der Waals surface area contributed by atoms with Crippen molar-refractivity contribution < 1.29 is 9.59 Å². The number of anilines is 1. The number of primary amides is 1. The van der Waals surface area contributed by atoms with Crippen LogP contribution in [0.3, 0.4) is 0 Å². The van der Waals surface area contributed by atoms with Gasteiger partial charge in [-0.3, -0.25) is 9.59 Å². The van der Waals surface area contributed by atoms with Crippen LogP contribution in [-0.4, -0.2) is 22.3 Å². The molecule has 6 N–H and O–H groups in total. The topological polar surface area (TPSA) is 123 Å². The second-order valence-corrected chi connectivity index (χ2v) is 4.54. The minimum Gasteiger partial charge on any atom is -0.368 e. The summed E-state index contributed by atoms with van der Waals surface area (Å²) in [7, 11) is 0. The molecule has 0 aliphatic heterocycles. The molecule has 2 amide bonds. The van der Waals surface area contributed by atoms with E-state index in [1.165, 1.54) is 26.0 Å². The molecule has 0 radical (unpaired) electrons. The molecule has 1 rings (SSSR count). The Labute approximate surface area is 109 Å². The van der Waals surface area contributed by atoms with Crippen LogP contribution in [0.15, 0.2) is 12.1 Å². The SMILES string of the molecule is CC(C)(NC(=O)c1cc(Cl)nc(NN)c1)C(N)=O. The van der Waals surface area contributed by atoms with Gasteiger partial charge in [0.05, 0.1) is 0 Å². The highest BCUT2D eigenvalue weighted by Crippen LogP contribution is 2.14. The molecule has 98 valence electrons. The lowest BCUT2D eigenvalue weighted by Gasteiger charge is -2.22. The Hall–Kier alpha value is -1.86. The van der Waals surface area contributed by atoms with Crippen molar-refractivity contribution in [2.24, 2.45) is 11.6 Å². The Kier molecular flexibility index (Phi) is 4.10. The van der Waals surface area contributed by atoms with E-state index in [-0.39, 0.29) is 16.5 Å². The second-order valence-electron chi connectivity index (χ2n) is 4.15. The molecular formula is C10H14ClN5O2. The number of hydrogen-bond donors (Lipinski definition) is 4. The van der Waals surface area contributed by atoms with Crippen molar-refractivity contribution in [3.63, 3.8) is 0 Å². The number of nitrogens with two attached hydrogens (primary N) is 2. The summed E-state index contributed by atoms with van der Waals surface area (Å²) in [5, 5.41) is 2.59. The first-order chi connectivity index (χ1) is 8.26. The summed E-state index contributed by atoms with van der Waals surface area (Å²) >= 11 is 5.73. The van der Waals surface area contributed by atoms with Gasteiger partial charge >= 0.3 is 0 Å². The Balaban J connectivity index is 2.98. The maximum atomic E-state index is 11.9. The molecule has 0 fully saturated rings. The minimum absolute atomic E-state index is 0.104. The number of carbonyl (C=O) groups excluding carboxylic acids is 2. The van der Waals surface area contributed by atoms with Gasteiger partial charge in [-0.1, -0.05) is 11.6 Å². The standard InChI is InChI=1S/C10H14ClN5O2/c1-10(2,9(12)18)15-8(17)5-3-6(11)14-7(4-5)16-13/h3-4H,13H2,1-2H3,(H2,12,18)(H,14,16)(H,15,17). The average Bonchev–Trinajstić information content (AvgIpc) is 2.27. The molecule has 0 unspecified atom stereocenters. The van der Waals surface area contributed by atoms with E-state index in [1.54, 1.807) is 0 Å². The summed E-state index contributed by atoms with van der Waals surface area (Å²) in [4.78, 5) is 26.8. The molecule has 0 aliphatic carbocycles. The molecule has 7 nitrogen and oxygen atoms in total. The normalized spacial score (nSPS) is 10.9. The van der Waals surface area contributed by atoms with E-state index in [9.17, 15) is 9.59 Å². The van der Waals surface area contributed by atoms with Gasteiger partial charge in [-0.2, -0.15) is 0 Å². The van der Waals surface area contributed by atoms with Crippen LogP contribution in [0.5, 0.6) is 0 Å².